The number of anilines is 1. The highest BCUT2D eigenvalue weighted by molar-refractivity contribution is 6.30. The maximum absolute atomic E-state index is 12.7. The molecule has 0 saturated heterocycles. The summed E-state index contributed by atoms with van der Waals surface area (Å²) in [5.41, 5.74) is 0.0433. The molecule has 1 unspecified atom stereocenters. The summed E-state index contributed by atoms with van der Waals surface area (Å²) < 4.78 is 43.5. The van der Waals surface area contributed by atoms with E-state index < -0.39 is 23.8 Å². The van der Waals surface area contributed by atoms with Crippen molar-refractivity contribution in [1.82, 2.24) is 0 Å². The van der Waals surface area contributed by atoms with E-state index in [0.29, 0.717) is 17.2 Å². The molecule has 0 aliphatic carbocycles. The molecule has 0 bridgehead atoms. The van der Waals surface area contributed by atoms with Crippen molar-refractivity contribution in [2.24, 2.45) is 0 Å². The van der Waals surface area contributed by atoms with E-state index in [0.717, 1.165) is 17.7 Å². The van der Waals surface area contributed by atoms with E-state index in [2.05, 4.69) is 5.32 Å². The van der Waals surface area contributed by atoms with Crippen LogP contribution in [0.5, 0.6) is 5.75 Å². The third kappa shape index (κ3) is 3.42. The van der Waals surface area contributed by atoms with Gasteiger partial charge < -0.3 is 10.1 Å². The normalized spacial score (nSPS) is 16.6. The fourth-order valence-electron chi connectivity index (χ4n) is 2.36. The number of halogens is 4. The van der Waals surface area contributed by atoms with Crippen molar-refractivity contribution in [2.45, 2.75) is 18.7 Å². The van der Waals surface area contributed by atoms with Crippen molar-refractivity contribution in [2.75, 3.05) is 5.32 Å². The summed E-state index contributed by atoms with van der Waals surface area (Å²) in [5, 5.41) is 2.98. The zero-order valence-electron chi connectivity index (χ0n) is 11.7. The molecule has 0 fully saturated rings. The van der Waals surface area contributed by atoms with Gasteiger partial charge >= 0.3 is 6.18 Å². The van der Waals surface area contributed by atoms with Crippen LogP contribution < -0.4 is 10.1 Å². The maximum atomic E-state index is 12.7. The Labute approximate surface area is 135 Å². The Morgan fingerprint density at radius 1 is 1.22 bits per heavy atom. The summed E-state index contributed by atoms with van der Waals surface area (Å²) in [5.74, 6) is 0.0511. The molecular formula is C16H11ClF3NO2. The number of hydrogen-bond acceptors (Lipinski definition) is 2. The first-order valence-corrected chi connectivity index (χ1v) is 7.14. The van der Waals surface area contributed by atoms with Crippen LogP contribution >= 0.6 is 11.6 Å². The summed E-state index contributed by atoms with van der Waals surface area (Å²) in [6.07, 6.45) is -4.93. The van der Waals surface area contributed by atoms with Crippen molar-refractivity contribution < 1.29 is 22.7 Å². The predicted octanol–water partition coefficient (Wildman–Crippen LogP) is 4.30. The Morgan fingerprint density at radius 3 is 2.74 bits per heavy atom. The highest BCUT2D eigenvalue weighted by Crippen LogP contribution is 2.33. The molecule has 7 heteroatoms. The summed E-state index contributed by atoms with van der Waals surface area (Å²) in [6.45, 7) is 0. The highest BCUT2D eigenvalue weighted by atomic mass is 35.5. The Balaban J connectivity index is 1.72. The van der Waals surface area contributed by atoms with Crippen molar-refractivity contribution in [3.8, 4) is 5.75 Å². The zero-order chi connectivity index (χ0) is 16.6. The summed E-state index contributed by atoms with van der Waals surface area (Å²) in [6, 6.07) is 9.47. The van der Waals surface area contributed by atoms with Gasteiger partial charge in [0.15, 0.2) is 6.10 Å². The standard InChI is InChI=1S/C16H11ClF3NO2/c17-11-4-5-13-9(6-11)7-14(23-13)15(22)21-12-3-1-2-10(8-12)16(18,19)20/h1-6,8,14H,7H2,(H,21,22). The van der Waals surface area contributed by atoms with E-state index in [9.17, 15) is 18.0 Å². The number of amides is 1. The largest absolute Gasteiger partial charge is 0.480 e. The number of fused-ring (bicyclic) bond motifs is 1. The Bertz CT molecular complexity index is 761. The fraction of sp³-hybridized carbons (Fsp3) is 0.188. The minimum absolute atomic E-state index is 0.0717. The monoisotopic (exact) mass is 341 g/mol. The van der Waals surface area contributed by atoms with Crippen LogP contribution in [-0.4, -0.2) is 12.0 Å². The van der Waals surface area contributed by atoms with Gasteiger partial charge in [-0.3, -0.25) is 4.79 Å². The number of nitrogens with one attached hydrogen (secondary N) is 1. The number of ether oxygens (including phenoxy) is 1. The Morgan fingerprint density at radius 2 is 2.00 bits per heavy atom. The molecule has 3 nitrogen and oxygen atoms in total. The van der Waals surface area contributed by atoms with Crippen LogP contribution in [0.25, 0.3) is 0 Å². The van der Waals surface area contributed by atoms with Crippen LogP contribution in [0, 0.1) is 0 Å². The Hall–Kier alpha value is -2.21. The second-order valence-corrected chi connectivity index (χ2v) is 5.57. The summed E-state index contributed by atoms with van der Waals surface area (Å²) >= 11 is 5.88. The number of alkyl halides is 3. The lowest BCUT2D eigenvalue weighted by molar-refractivity contribution is -0.137. The van der Waals surface area contributed by atoms with Gasteiger partial charge in [-0.05, 0) is 42.0 Å². The van der Waals surface area contributed by atoms with Gasteiger partial charge in [0, 0.05) is 17.1 Å². The molecule has 1 amide bonds. The van der Waals surface area contributed by atoms with E-state index in [1.54, 1.807) is 18.2 Å². The topological polar surface area (TPSA) is 38.3 Å². The van der Waals surface area contributed by atoms with Crippen LogP contribution in [0.15, 0.2) is 42.5 Å². The van der Waals surface area contributed by atoms with Crippen LogP contribution in [0.3, 0.4) is 0 Å². The van der Waals surface area contributed by atoms with Gasteiger partial charge in [0.2, 0.25) is 0 Å². The molecule has 1 N–H and O–H groups in total. The molecule has 2 aromatic carbocycles. The van der Waals surface area contributed by atoms with Gasteiger partial charge in [0.05, 0.1) is 5.56 Å². The molecule has 23 heavy (non-hydrogen) atoms. The van der Waals surface area contributed by atoms with Gasteiger partial charge in [-0.15, -0.1) is 0 Å². The number of carbonyl (C=O) groups is 1. The zero-order valence-corrected chi connectivity index (χ0v) is 12.4. The van der Waals surface area contributed by atoms with E-state index in [4.69, 9.17) is 16.3 Å². The smallest absolute Gasteiger partial charge is 0.416 e. The lowest BCUT2D eigenvalue weighted by atomic mass is 10.1. The molecule has 0 spiro atoms. The summed E-state index contributed by atoms with van der Waals surface area (Å²) in [7, 11) is 0. The quantitative estimate of drug-likeness (QED) is 0.884. The average Bonchev–Trinajstić information content (AvgIpc) is 2.90. The summed E-state index contributed by atoms with van der Waals surface area (Å²) in [4.78, 5) is 12.2. The molecule has 0 aromatic heterocycles. The first-order chi connectivity index (χ1) is 10.8. The maximum Gasteiger partial charge on any atom is 0.416 e. The second-order valence-electron chi connectivity index (χ2n) is 5.13. The van der Waals surface area contributed by atoms with Gasteiger partial charge in [-0.1, -0.05) is 17.7 Å². The number of carbonyl (C=O) groups excluding carboxylic acids is 1. The van der Waals surface area contributed by atoms with Gasteiger partial charge in [0.25, 0.3) is 5.91 Å². The minimum atomic E-state index is -4.46. The van der Waals surface area contributed by atoms with E-state index in [1.807, 2.05) is 0 Å². The number of hydrogen-bond donors (Lipinski definition) is 1. The molecule has 120 valence electrons. The van der Waals surface area contributed by atoms with Crippen LogP contribution in [0.4, 0.5) is 18.9 Å². The molecule has 0 saturated carbocycles. The van der Waals surface area contributed by atoms with Crippen molar-refractivity contribution in [3.63, 3.8) is 0 Å². The predicted molar refractivity (Wildman–Crippen MR) is 79.6 cm³/mol. The number of rotatable bonds is 2. The third-order valence-corrected chi connectivity index (χ3v) is 3.68. The fourth-order valence-corrected chi connectivity index (χ4v) is 2.55. The first kappa shape index (κ1) is 15.7. The van der Waals surface area contributed by atoms with Gasteiger partial charge in [-0.25, -0.2) is 0 Å². The van der Waals surface area contributed by atoms with Crippen LogP contribution in [-0.2, 0) is 17.4 Å². The SMILES string of the molecule is O=C(Nc1cccc(C(F)(F)F)c1)C1Cc2cc(Cl)ccc2O1. The average molecular weight is 342 g/mol. The first-order valence-electron chi connectivity index (χ1n) is 6.76. The van der Waals surface area contributed by atoms with E-state index in [-0.39, 0.29) is 5.69 Å². The second kappa shape index (κ2) is 5.77. The molecule has 1 atom stereocenters. The van der Waals surface area contributed by atoms with E-state index in [1.165, 1.54) is 12.1 Å². The molecular weight excluding hydrogens is 331 g/mol. The third-order valence-electron chi connectivity index (χ3n) is 3.45. The van der Waals surface area contributed by atoms with Gasteiger partial charge in [-0.2, -0.15) is 13.2 Å². The molecule has 3 rings (SSSR count). The molecule has 1 aliphatic rings. The van der Waals surface area contributed by atoms with Crippen molar-refractivity contribution >= 4 is 23.2 Å². The lowest BCUT2D eigenvalue weighted by Gasteiger charge is -2.13. The Kier molecular flexibility index (Phi) is 3.93. The lowest BCUT2D eigenvalue weighted by Crippen LogP contribution is -2.31. The molecule has 0 radical (unpaired) electrons. The van der Waals surface area contributed by atoms with Crippen molar-refractivity contribution in [3.05, 3.63) is 58.6 Å². The van der Waals surface area contributed by atoms with Gasteiger partial charge in [0.1, 0.15) is 5.75 Å². The van der Waals surface area contributed by atoms with Crippen LogP contribution in [0.2, 0.25) is 5.02 Å². The van der Waals surface area contributed by atoms with E-state index >= 15 is 0 Å². The number of benzene rings is 2. The molecule has 1 heterocycles. The molecule has 1 aliphatic heterocycles. The van der Waals surface area contributed by atoms with Crippen molar-refractivity contribution in [1.29, 1.82) is 0 Å². The molecule has 2 aromatic rings. The minimum Gasteiger partial charge on any atom is -0.480 e. The highest BCUT2D eigenvalue weighted by Gasteiger charge is 2.32. The van der Waals surface area contributed by atoms with Crippen LogP contribution in [0.1, 0.15) is 11.1 Å².